The summed E-state index contributed by atoms with van der Waals surface area (Å²) in [5, 5.41) is 3.04. The van der Waals surface area contributed by atoms with Crippen molar-refractivity contribution in [3.63, 3.8) is 0 Å². The van der Waals surface area contributed by atoms with Crippen LogP contribution in [-0.2, 0) is 0 Å². The maximum Gasteiger partial charge on any atom is 0.250 e. The number of methoxy groups -OCH3 is 2. The molecule has 3 aromatic rings. The van der Waals surface area contributed by atoms with E-state index >= 15 is 0 Å². The number of hydrogen-bond donors (Lipinski definition) is 1. The average molecular weight is 351 g/mol. The van der Waals surface area contributed by atoms with Gasteiger partial charge in [-0.1, -0.05) is 38.1 Å². The minimum atomic E-state index is -0.522. The first-order valence-electron chi connectivity index (χ1n) is 8.39. The van der Waals surface area contributed by atoms with Crippen LogP contribution in [0.2, 0.25) is 0 Å². The highest BCUT2D eigenvalue weighted by Gasteiger charge is 2.23. The highest BCUT2D eigenvalue weighted by Crippen LogP contribution is 2.34. The van der Waals surface area contributed by atoms with Crippen molar-refractivity contribution in [1.29, 1.82) is 0 Å². The molecule has 5 heteroatoms. The molecule has 0 aliphatic rings. The zero-order valence-corrected chi connectivity index (χ0v) is 15.3. The Hall–Kier alpha value is -3.08. The molecule has 26 heavy (non-hydrogen) atoms. The standard InChI is InChI=1S/C21H21NO4/c1-12(2)13-5-7-14(8-6-13)18-19(21(24)20(18)23)22-16-10-9-15(25-3)11-17(16)26-4/h5-12,22H,1-4H3. The van der Waals surface area contributed by atoms with Crippen molar-refractivity contribution in [2.24, 2.45) is 0 Å². The lowest BCUT2D eigenvalue weighted by Crippen LogP contribution is -2.35. The van der Waals surface area contributed by atoms with E-state index in [2.05, 4.69) is 19.2 Å². The van der Waals surface area contributed by atoms with Gasteiger partial charge in [0.2, 0.25) is 5.43 Å². The SMILES string of the molecule is COc1ccc(Nc2c(-c3ccc(C(C)C)cc3)c(=O)c2=O)c(OC)c1. The lowest BCUT2D eigenvalue weighted by Gasteiger charge is -2.16. The summed E-state index contributed by atoms with van der Waals surface area (Å²) in [6, 6.07) is 12.9. The maximum atomic E-state index is 12.1. The first-order valence-corrected chi connectivity index (χ1v) is 8.39. The lowest BCUT2D eigenvalue weighted by molar-refractivity contribution is 0.395. The van der Waals surface area contributed by atoms with Crippen LogP contribution in [0, 0.1) is 0 Å². The Kier molecular flexibility index (Phi) is 4.80. The summed E-state index contributed by atoms with van der Waals surface area (Å²) >= 11 is 0. The molecule has 1 N–H and O–H groups in total. The Labute approximate surface area is 151 Å². The fourth-order valence-electron chi connectivity index (χ4n) is 2.86. The Bertz CT molecular complexity index is 996. The predicted molar refractivity (Wildman–Crippen MR) is 104 cm³/mol. The molecular weight excluding hydrogens is 330 g/mol. The molecule has 0 spiro atoms. The van der Waals surface area contributed by atoms with Gasteiger partial charge in [0.15, 0.2) is 0 Å². The molecule has 3 rings (SSSR count). The molecule has 0 aliphatic heterocycles. The van der Waals surface area contributed by atoms with Gasteiger partial charge in [-0.3, -0.25) is 9.59 Å². The molecule has 0 atom stereocenters. The smallest absolute Gasteiger partial charge is 0.250 e. The quantitative estimate of drug-likeness (QED) is 0.684. The molecule has 0 unspecified atom stereocenters. The molecule has 134 valence electrons. The van der Waals surface area contributed by atoms with E-state index in [4.69, 9.17) is 9.47 Å². The van der Waals surface area contributed by atoms with Crippen LogP contribution < -0.4 is 25.6 Å². The van der Waals surface area contributed by atoms with Crippen LogP contribution in [0.4, 0.5) is 11.4 Å². The molecule has 0 aromatic heterocycles. The molecule has 0 bridgehead atoms. The summed E-state index contributed by atoms with van der Waals surface area (Å²) in [5.41, 5.74) is 2.20. The molecule has 0 amide bonds. The summed E-state index contributed by atoms with van der Waals surface area (Å²) in [7, 11) is 3.10. The van der Waals surface area contributed by atoms with Gasteiger partial charge in [-0.2, -0.15) is 0 Å². The van der Waals surface area contributed by atoms with Crippen molar-refractivity contribution in [1.82, 2.24) is 0 Å². The largest absolute Gasteiger partial charge is 0.497 e. The number of nitrogens with one attached hydrogen (secondary N) is 1. The summed E-state index contributed by atoms with van der Waals surface area (Å²) in [5.74, 6) is 1.57. The highest BCUT2D eigenvalue weighted by molar-refractivity contribution is 5.86. The third kappa shape index (κ3) is 3.08. The van der Waals surface area contributed by atoms with Crippen molar-refractivity contribution < 1.29 is 9.47 Å². The fourth-order valence-corrected chi connectivity index (χ4v) is 2.86. The van der Waals surface area contributed by atoms with Crippen molar-refractivity contribution in [3.8, 4) is 22.6 Å². The van der Waals surface area contributed by atoms with E-state index in [-0.39, 0.29) is 5.69 Å². The number of ether oxygens (including phenoxy) is 2. The number of rotatable bonds is 6. The maximum absolute atomic E-state index is 12.1. The van der Waals surface area contributed by atoms with Gasteiger partial charge >= 0.3 is 0 Å². The average Bonchev–Trinajstić information content (AvgIpc) is 2.67. The first kappa shape index (κ1) is 17.7. The Balaban J connectivity index is 1.97. The molecule has 3 aromatic carbocycles. The summed E-state index contributed by atoms with van der Waals surface area (Å²) < 4.78 is 10.5. The van der Waals surface area contributed by atoms with E-state index in [1.54, 1.807) is 25.3 Å². The Morgan fingerprint density at radius 2 is 1.58 bits per heavy atom. The van der Waals surface area contributed by atoms with E-state index in [0.717, 1.165) is 5.56 Å². The third-order valence-electron chi connectivity index (χ3n) is 4.44. The van der Waals surface area contributed by atoms with Gasteiger partial charge in [0, 0.05) is 6.07 Å². The summed E-state index contributed by atoms with van der Waals surface area (Å²) in [6.07, 6.45) is 0. The van der Waals surface area contributed by atoms with E-state index in [9.17, 15) is 9.59 Å². The minimum absolute atomic E-state index is 0.288. The lowest BCUT2D eigenvalue weighted by atomic mass is 9.95. The van der Waals surface area contributed by atoms with Crippen molar-refractivity contribution >= 4 is 11.4 Å². The normalized spacial score (nSPS) is 11.0. The van der Waals surface area contributed by atoms with Crippen molar-refractivity contribution in [2.45, 2.75) is 19.8 Å². The monoisotopic (exact) mass is 351 g/mol. The van der Waals surface area contributed by atoms with Crippen LogP contribution >= 0.6 is 0 Å². The number of anilines is 2. The van der Waals surface area contributed by atoms with Gasteiger partial charge in [-0.25, -0.2) is 0 Å². The van der Waals surface area contributed by atoms with Crippen LogP contribution in [-0.4, -0.2) is 14.2 Å². The minimum Gasteiger partial charge on any atom is -0.497 e. The third-order valence-corrected chi connectivity index (χ3v) is 4.44. The number of benzene rings is 2. The topological polar surface area (TPSA) is 64.6 Å². The second-order valence-electron chi connectivity index (χ2n) is 6.38. The molecule has 0 saturated heterocycles. The highest BCUT2D eigenvalue weighted by atomic mass is 16.5. The second kappa shape index (κ2) is 7.04. The van der Waals surface area contributed by atoms with Crippen LogP contribution in [0.5, 0.6) is 11.5 Å². The van der Waals surface area contributed by atoms with Gasteiger partial charge in [0.05, 0.1) is 25.5 Å². The number of hydrogen-bond acceptors (Lipinski definition) is 5. The second-order valence-corrected chi connectivity index (χ2v) is 6.38. The first-order chi connectivity index (χ1) is 12.5. The Morgan fingerprint density at radius 1 is 0.885 bits per heavy atom. The van der Waals surface area contributed by atoms with Crippen molar-refractivity contribution in [2.75, 3.05) is 19.5 Å². The molecule has 0 heterocycles. The van der Waals surface area contributed by atoms with E-state index < -0.39 is 10.9 Å². The van der Waals surface area contributed by atoms with Crippen LogP contribution in [0.25, 0.3) is 11.1 Å². The molecule has 5 nitrogen and oxygen atoms in total. The molecular formula is C21H21NO4. The summed E-state index contributed by atoms with van der Waals surface area (Å²) in [4.78, 5) is 24.2. The zero-order chi connectivity index (χ0) is 18.8. The van der Waals surface area contributed by atoms with Gasteiger partial charge in [-0.15, -0.1) is 0 Å². The van der Waals surface area contributed by atoms with E-state index in [1.165, 1.54) is 12.7 Å². The van der Waals surface area contributed by atoms with Gasteiger partial charge in [0.1, 0.15) is 17.2 Å². The van der Waals surface area contributed by atoms with Gasteiger partial charge in [-0.05, 0) is 29.2 Å². The van der Waals surface area contributed by atoms with Gasteiger partial charge in [0.25, 0.3) is 5.43 Å². The van der Waals surface area contributed by atoms with Crippen LogP contribution in [0.3, 0.4) is 0 Å². The van der Waals surface area contributed by atoms with E-state index in [0.29, 0.717) is 28.7 Å². The molecule has 0 aliphatic carbocycles. The summed E-state index contributed by atoms with van der Waals surface area (Å²) in [6.45, 7) is 4.21. The molecule has 0 radical (unpaired) electrons. The van der Waals surface area contributed by atoms with E-state index in [1.807, 2.05) is 24.3 Å². The van der Waals surface area contributed by atoms with Crippen LogP contribution in [0.1, 0.15) is 25.3 Å². The fraction of sp³-hybridized carbons (Fsp3) is 0.238. The van der Waals surface area contributed by atoms with Gasteiger partial charge < -0.3 is 14.8 Å². The predicted octanol–water partition coefficient (Wildman–Crippen LogP) is 3.83. The molecule has 0 fully saturated rings. The van der Waals surface area contributed by atoms with Crippen LogP contribution in [0.15, 0.2) is 52.1 Å². The Morgan fingerprint density at radius 3 is 2.15 bits per heavy atom. The zero-order valence-electron chi connectivity index (χ0n) is 15.3. The van der Waals surface area contributed by atoms with Crippen molar-refractivity contribution in [3.05, 3.63) is 68.5 Å². The molecule has 0 saturated carbocycles.